The van der Waals surface area contributed by atoms with Gasteiger partial charge in [0.2, 0.25) is 0 Å². The number of ether oxygens (including phenoxy) is 2. The Morgan fingerprint density at radius 2 is 1.31 bits per heavy atom. The molecule has 32 heavy (non-hydrogen) atoms. The van der Waals surface area contributed by atoms with Gasteiger partial charge in [0, 0.05) is 11.1 Å². The normalized spacial score (nSPS) is 10.7. The van der Waals surface area contributed by atoms with E-state index < -0.39 is 0 Å². The number of nitrogens with zero attached hydrogens (tertiary/aromatic N) is 2. The van der Waals surface area contributed by atoms with Gasteiger partial charge in [0.05, 0.1) is 13.3 Å². The fraction of sp³-hybridized carbons (Fsp3) is 0.0714. The zero-order valence-corrected chi connectivity index (χ0v) is 17.9. The van der Waals surface area contributed by atoms with Gasteiger partial charge in [0.15, 0.2) is 11.5 Å². The van der Waals surface area contributed by atoms with Crippen LogP contribution in [-0.2, 0) is 6.61 Å². The Labute approximate surface area is 188 Å². The number of hydrogen-bond donors (Lipinski definition) is 0. The van der Waals surface area contributed by atoms with Crippen molar-refractivity contribution in [3.8, 4) is 11.5 Å². The van der Waals surface area contributed by atoms with Gasteiger partial charge < -0.3 is 9.47 Å². The maximum Gasteiger partial charge on any atom is 0.162 e. The summed E-state index contributed by atoms with van der Waals surface area (Å²) in [5.41, 5.74) is 4.80. The third kappa shape index (κ3) is 5.49. The largest absolute Gasteiger partial charge is 0.493 e. The van der Waals surface area contributed by atoms with E-state index in [0.29, 0.717) is 18.1 Å². The second-order valence-corrected chi connectivity index (χ2v) is 7.11. The van der Waals surface area contributed by atoms with Gasteiger partial charge in [-0.25, -0.2) is 0 Å². The smallest absolute Gasteiger partial charge is 0.162 e. The summed E-state index contributed by atoms with van der Waals surface area (Å²) in [5.74, 6) is 1.34. The van der Waals surface area contributed by atoms with E-state index >= 15 is 0 Å². The van der Waals surface area contributed by atoms with Crippen molar-refractivity contribution in [2.45, 2.75) is 6.61 Å². The predicted octanol–water partition coefficient (Wildman–Crippen LogP) is 6.15. The van der Waals surface area contributed by atoms with Crippen molar-refractivity contribution in [2.24, 2.45) is 10.2 Å². The van der Waals surface area contributed by atoms with Crippen molar-refractivity contribution in [3.63, 3.8) is 0 Å². The van der Waals surface area contributed by atoms with E-state index in [4.69, 9.17) is 9.47 Å². The molecule has 4 aromatic rings. The van der Waals surface area contributed by atoms with Crippen LogP contribution in [0.2, 0.25) is 0 Å². The molecule has 0 N–H and O–H groups in total. The average molecular weight is 421 g/mol. The van der Waals surface area contributed by atoms with Crippen molar-refractivity contribution < 1.29 is 9.47 Å². The Bertz CT molecular complexity index is 1150. The van der Waals surface area contributed by atoms with E-state index in [9.17, 15) is 0 Å². The SMILES string of the molecule is COc1ccc(C=NN=C(c2ccccc2)c2ccccc2)cc1OCc1ccccc1. The number of hydrogen-bond acceptors (Lipinski definition) is 4. The predicted molar refractivity (Wildman–Crippen MR) is 130 cm³/mol. The molecule has 0 aromatic heterocycles. The van der Waals surface area contributed by atoms with Crippen LogP contribution in [0.1, 0.15) is 22.3 Å². The molecule has 0 unspecified atom stereocenters. The highest BCUT2D eigenvalue weighted by atomic mass is 16.5. The molecule has 0 aliphatic rings. The van der Waals surface area contributed by atoms with E-state index in [-0.39, 0.29) is 0 Å². The summed E-state index contributed by atoms with van der Waals surface area (Å²) in [7, 11) is 1.63. The molecule has 0 radical (unpaired) electrons. The van der Waals surface area contributed by atoms with Crippen LogP contribution in [0.15, 0.2) is 119 Å². The van der Waals surface area contributed by atoms with Gasteiger partial charge in [-0.2, -0.15) is 5.10 Å². The average Bonchev–Trinajstić information content (AvgIpc) is 2.87. The third-order valence-corrected chi connectivity index (χ3v) is 4.88. The van der Waals surface area contributed by atoms with Crippen LogP contribution in [0.5, 0.6) is 11.5 Å². The third-order valence-electron chi connectivity index (χ3n) is 4.88. The van der Waals surface area contributed by atoms with Crippen molar-refractivity contribution >= 4 is 11.9 Å². The Balaban J connectivity index is 1.58. The molecule has 0 atom stereocenters. The Kier molecular flexibility index (Phi) is 7.06. The van der Waals surface area contributed by atoms with Crippen LogP contribution >= 0.6 is 0 Å². The summed E-state index contributed by atoms with van der Waals surface area (Å²) in [6, 6.07) is 35.8. The van der Waals surface area contributed by atoms with Crippen LogP contribution in [-0.4, -0.2) is 19.0 Å². The van der Waals surface area contributed by atoms with E-state index in [0.717, 1.165) is 28.0 Å². The molecular weight excluding hydrogens is 396 g/mol. The summed E-state index contributed by atoms with van der Waals surface area (Å²) in [6.45, 7) is 0.460. The van der Waals surface area contributed by atoms with Gasteiger partial charge in [-0.3, -0.25) is 0 Å². The first-order chi connectivity index (χ1) is 15.8. The highest BCUT2D eigenvalue weighted by Gasteiger charge is 2.07. The lowest BCUT2D eigenvalue weighted by Crippen LogP contribution is -2.02. The van der Waals surface area contributed by atoms with Gasteiger partial charge in [-0.1, -0.05) is 91.0 Å². The van der Waals surface area contributed by atoms with Gasteiger partial charge in [-0.05, 0) is 29.3 Å². The second kappa shape index (κ2) is 10.7. The quantitative estimate of drug-likeness (QED) is 0.254. The molecule has 0 saturated carbocycles. The summed E-state index contributed by atoms with van der Waals surface area (Å²) in [4.78, 5) is 0. The highest BCUT2D eigenvalue weighted by molar-refractivity contribution is 6.12. The second-order valence-electron chi connectivity index (χ2n) is 7.11. The molecule has 4 rings (SSSR count). The van der Waals surface area contributed by atoms with Crippen LogP contribution in [0, 0.1) is 0 Å². The number of rotatable bonds is 8. The molecule has 0 fully saturated rings. The summed E-state index contributed by atoms with van der Waals surface area (Å²) >= 11 is 0. The van der Waals surface area contributed by atoms with Crippen molar-refractivity contribution in [1.82, 2.24) is 0 Å². The summed E-state index contributed by atoms with van der Waals surface area (Å²) in [5, 5.41) is 8.92. The maximum atomic E-state index is 6.00. The molecule has 0 aliphatic carbocycles. The van der Waals surface area contributed by atoms with Crippen LogP contribution in [0.3, 0.4) is 0 Å². The standard InChI is InChI=1S/C28H24N2O2/c1-31-26-18-17-23(19-27(26)32-21-22-11-5-2-6-12-22)20-29-30-28(24-13-7-3-8-14-24)25-15-9-4-10-16-25/h2-20H,21H2,1H3. The minimum Gasteiger partial charge on any atom is -0.493 e. The minimum absolute atomic E-state index is 0.460. The Morgan fingerprint density at radius 3 is 1.91 bits per heavy atom. The van der Waals surface area contributed by atoms with Crippen molar-refractivity contribution in [1.29, 1.82) is 0 Å². The minimum atomic E-state index is 0.460. The van der Waals surface area contributed by atoms with Crippen LogP contribution < -0.4 is 9.47 Å². The first-order valence-corrected chi connectivity index (χ1v) is 10.4. The van der Waals surface area contributed by atoms with E-state index in [1.165, 1.54) is 0 Å². The molecule has 0 heterocycles. The molecule has 0 spiro atoms. The maximum absolute atomic E-state index is 6.00. The molecule has 0 aliphatic heterocycles. The van der Waals surface area contributed by atoms with Crippen molar-refractivity contribution in [3.05, 3.63) is 131 Å². The van der Waals surface area contributed by atoms with Crippen molar-refractivity contribution in [2.75, 3.05) is 7.11 Å². The molecule has 158 valence electrons. The van der Waals surface area contributed by atoms with Crippen LogP contribution in [0.25, 0.3) is 0 Å². The lowest BCUT2D eigenvalue weighted by Gasteiger charge is -2.11. The van der Waals surface area contributed by atoms with E-state index in [1.54, 1.807) is 13.3 Å². The number of benzene rings is 4. The van der Waals surface area contributed by atoms with Gasteiger partial charge in [-0.15, -0.1) is 5.10 Å². The first kappa shape index (κ1) is 21.1. The molecule has 0 amide bonds. The molecular formula is C28H24N2O2. The fourth-order valence-corrected chi connectivity index (χ4v) is 3.25. The monoisotopic (exact) mass is 420 g/mol. The lowest BCUT2D eigenvalue weighted by molar-refractivity contribution is 0.284. The first-order valence-electron chi connectivity index (χ1n) is 10.4. The number of methoxy groups -OCH3 is 1. The molecule has 4 heteroatoms. The zero-order chi connectivity index (χ0) is 22.0. The summed E-state index contributed by atoms with van der Waals surface area (Å²) in [6.07, 6.45) is 1.72. The molecule has 0 bridgehead atoms. The van der Waals surface area contributed by atoms with Gasteiger partial charge in [0.25, 0.3) is 0 Å². The fourth-order valence-electron chi connectivity index (χ4n) is 3.25. The highest BCUT2D eigenvalue weighted by Crippen LogP contribution is 2.28. The Morgan fingerprint density at radius 1 is 0.719 bits per heavy atom. The summed E-state index contributed by atoms with van der Waals surface area (Å²) < 4.78 is 11.4. The molecule has 0 saturated heterocycles. The van der Waals surface area contributed by atoms with E-state index in [1.807, 2.05) is 109 Å². The zero-order valence-electron chi connectivity index (χ0n) is 17.9. The lowest BCUT2D eigenvalue weighted by atomic mass is 10.0. The van der Waals surface area contributed by atoms with Gasteiger partial charge >= 0.3 is 0 Å². The molecule has 4 aromatic carbocycles. The topological polar surface area (TPSA) is 43.2 Å². The Hall–Kier alpha value is -4.18. The van der Waals surface area contributed by atoms with Gasteiger partial charge in [0.1, 0.15) is 12.3 Å². The molecule has 4 nitrogen and oxygen atoms in total. The van der Waals surface area contributed by atoms with Crippen LogP contribution in [0.4, 0.5) is 0 Å². The van der Waals surface area contributed by atoms with E-state index in [2.05, 4.69) is 10.2 Å².